The lowest BCUT2D eigenvalue weighted by atomic mass is 9.91. The van der Waals surface area contributed by atoms with Crippen LogP contribution in [0.3, 0.4) is 0 Å². The van der Waals surface area contributed by atoms with E-state index in [-0.39, 0.29) is 23.9 Å². The van der Waals surface area contributed by atoms with E-state index in [4.69, 9.17) is 0 Å². The lowest BCUT2D eigenvalue weighted by Crippen LogP contribution is -2.40. The summed E-state index contributed by atoms with van der Waals surface area (Å²) in [5.74, 6) is -5.39. The molecule has 3 atom stereocenters. The van der Waals surface area contributed by atoms with Gasteiger partial charge in [0.2, 0.25) is 11.8 Å². The third-order valence-electron chi connectivity index (χ3n) is 6.07. The Morgan fingerprint density at radius 1 is 1.09 bits per heavy atom. The Balaban J connectivity index is 1.51. The topological polar surface area (TPSA) is 90.5 Å². The SMILES string of the molecule is CC1C(=O)Nc2cccc(NC(=O)[C@H](C)NC[C@H](O)c3cc(F)c(F)c(F)c3)c2-c2ccccc21. The highest BCUT2D eigenvalue weighted by atomic mass is 19.2. The minimum absolute atomic E-state index is 0.155. The van der Waals surface area contributed by atoms with Crippen LogP contribution < -0.4 is 16.0 Å². The summed E-state index contributed by atoms with van der Waals surface area (Å²) in [6.45, 7) is 3.17. The fourth-order valence-corrected chi connectivity index (χ4v) is 4.04. The number of hydrogen-bond donors (Lipinski definition) is 4. The smallest absolute Gasteiger partial charge is 0.241 e. The molecule has 1 unspecified atom stereocenters. The Kier molecular flexibility index (Phi) is 6.90. The molecule has 1 heterocycles. The summed E-state index contributed by atoms with van der Waals surface area (Å²) in [4.78, 5) is 25.5. The van der Waals surface area contributed by atoms with E-state index in [1.807, 2.05) is 31.2 Å². The zero-order chi connectivity index (χ0) is 25.3. The van der Waals surface area contributed by atoms with Gasteiger partial charge in [-0.15, -0.1) is 0 Å². The molecule has 0 spiro atoms. The molecule has 2 amide bonds. The first kappa shape index (κ1) is 24.4. The number of rotatable bonds is 6. The van der Waals surface area contributed by atoms with E-state index in [1.165, 1.54) is 0 Å². The first-order valence-corrected chi connectivity index (χ1v) is 11.1. The summed E-state index contributed by atoms with van der Waals surface area (Å²) in [7, 11) is 0. The van der Waals surface area contributed by atoms with E-state index in [0.29, 0.717) is 29.1 Å². The van der Waals surface area contributed by atoms with E-state index in [0.717, 1.165) is 11.1 Å². The van der Waals surface area contributed by atoms with Crippen molar-refractivity contribution in [2.45, 2.75) is 31.9 Å². The monoisotopic (exact) mass is 483 g/mol. The lowest BCUT2D eigenvalue weighted by Gasteiger charge is -2.20. The molecule has 4 rings (SSSR count). The van der Waals surface area contributed by atoms with Crippen LogP contribution >= 0.6 is 0 Å². The highest BCUT2D eigenvalue weighted by molar-refractivity contribution is 6.08. The number of nitrogens with one attached hydrogen (secondary N) is 3. The van der Waals surface area contributed by atoms with Gasteiger partial charge in [0.1, 0.15) is 0 Å². The van der Waals surface area contributed by atoms with Gasteiger partial charge in [0.15, 0.2) is 17.5 Å². The lowest BCUT2D eigenvalue weighted by molar-refractivity contribution is -0.118. The molecule has 0 aromatic heterocycles. The van der Waals surface area contributed by atoms with E-state index in [1.54, 1.807) is 25.1 Å². The van der Waals surface area contributed by atoms with Crippen LogP contribution in [-0.4, -0.2) is 29.5 Å². The first-order valence-electron chi connectivity index (χ1n) is 11.1. The van der Waals surface area contributed by atoms with Gasteiger partial charge in [-0.05, 0) is 54.8 Å². The molecule has 0 saturated heterocycles. The Bertz CT molecular complexity index is 1270. The van der Waals surface area contributed by atoms with Crippen LogP contribution in [0, 0.1) is 17.5 Å². The number of benzene rings is 3. The molecule has 3 aromatic carbocycles. The van der Waals surface area contributed by atoms with Crippen molar-refractivity contribution >= 4 is 23.2 Å². The molecule has 1 aliphatic rings. The predicted octanol–water partition coefficient (Wildman–Crippen LogP) is 4.48. The van der Waals surface area contributed by atoms with Crippen molar-refractivity contribution in [3.63, 3.8) is 0 Å². The molecule has 0 fully saturated rings. The van der Waals surface area contributed by atoms with E-state index in [2.05, 4.69) is 16.0 Å². The minimum Gasteiger partial charge on any atom is -0.387 e. The van der Waals surface area contributed by atoms with Crippen LogP contribution in [0.25, 0.3) is 11.1 Å². The van der Waals surface area contributed by atoms with Gasteiger partial charge in [-0.3, -0.25) is 9.59 Å². The maximum absolute atomic E-state index is 13.5. The Labute approximate surface area is 200 Å². The number of aliphatic hydroxyl groups excluding tert-OH is 1. The van der Waals surface area contributed by atoms with Crippen molar-refractivity contribution in [3.8, 4) is 11.1 Å². The van der Waals surface area contributed by atoms with Gasteiger partial charge in [0.05, 0.1) is 29.4 Å². The van der Waals surface area contributed by atoms with E-state index < -0.39 is 35.5 Å². The van der Waals surface area contributed by atoms with Crippen LogP contribution in [0.2, 0.25) is 0 Å². The highest BCUT2D eigenvalue weighted by Crippen LogP contribution is 2.42. The molecule has 3 aromatic rings. The van der Waals surface area contributed by atoms with Crippen molar-refractivity contribution in [2.24, 2.45) is 0 Å². The van der Waals surface area contributed by atoms with Crippen LogP contribution in [-0.2, 0) is 9.59 Å². The second kappa shape index (κ2) is 9.89. The van der Waals surface area contributed by atoms with Crippen molar-refractivity contribution in [2.75, 3.05) is 17.2 Å². The van der Waals surface area contributed by atoms with Gasteiger partial charge in [0, 0.05) is 12.1 Å². The molecule has 1 aliphatic heterocycles. The van der Waals surface area contributed by atoms with E-state index >= 15 is 0 Å². The molecular weight excluding hydrogens is 459 g/mol. The molecule has 182 valence electrons. The minimum atomic E-state index is -1.61. The fraction of sp³-hybridized carbons (Fsp3) is 0.231. The summed E-state index contributed by atoms with van der Waals surface area (Å²) in [5, 5.41) is 18.8. The molecule has 4 N–H and O–H groups in total. The molecule has 9 heteroatoms. The van der Waals surface area contributed by atoms with Gasteiger partial charge in [-0.1, -0.05) is 30.3 Å². The van der Waals surface area contributed by atoms with Crippen LogP contribution in [0.1, 0.15) is 37.0 Å². The van der Waals surface area contributed by atoms with Crippen molar-refractivity contribution in [3.05, 3.63) is 83.2 Å². The van der Waals surface area contributed by atoms with Crippen molar-refractivity contribution in [1.29, 1.82) is 0 Å². The number of hydrogen-bond acceptors (Lipinski definition) is 4. The maximum atomic E-state index is 13.5. The maximum Gasteiger partial charge on any atom is 0.241 e. The molecule has 0 saturated carbocycles. The second-order valence-electron chi connectivity index (χ2n) is 8.46. The molecular formula is C26H24F3N3O3. The number of carbonyl (C=O) groups is 2. The number of aliphatic hydroxyl groups is 1. The second-order valence-corrected chi connectivity index (χ2v) is 8.46. The molecule has 6 nitrogen and oxygen atoms in total. The number of amides is 2. The summed E-state index contributed by atoms with van der Waals surface area (Å²) < 4.78 is 40.1. The van der Waals surface area contributed by atoms with Gasteiger partial charge < -0.3 is 21.1 Å². The molecule has 0 radical (unpaired) electrons. The van der Waals surface area contributed by atoms with E-state index in [9.17, 15) is 27.9 Å². The van der Waals surface area contributed by atoms with Crippen LogP contribution in [0.5, 0.6) is 0 Å². The third-order valence-corrected chi connectivity index (χ3v) is 6.07. The Morgan fingerprint density at radius 3 is 2.49 bits per heavy atom. The van der Waals surface area contributed by atoms with Crippen molar-refractivity contribution < 1.29 is 27.9 Å². The zero-order valence-electron chi connectivity index (χ0n) is 19.0. The molecule has 35 heavy (non-hydrogen) atoms. The third kappa shape index (κ3) is 4.91. The Morgan fingerprint density at radius 2 is 1.77 bits per heavy atom. The van der Waals surface area contributed by atoms with Gasteiger partial charge in [0.25, 0.3) is 0 Å². The summed E-state index contributed by atoms with van der Waals surface area (Å²) in [6, 6.07) is 13.3. The van der Waals surface area contributed by atoms with Gasteiger partial charge >= 0.3 is 0 Å². The number of carbonyl (C=O) groups excluding carboxylic acids is 2. The largest absolute Gasteiger partial charge is 0.387 e. The average molecular weight is 483 g/mol. The van der Waals surface area contributed by atoms with Crippen LogP contribution in [0.15, 0.2) is 54.6 Å². The number of halogens is 3. The summed E-state index contributed by atoms with van der Waals surface area (Å²) in [5.41, 5.74) is 3.24. The fourth-order valence-electron chi connectivity index (χ4n) is 4.04. The average Bonchev–Trinajstić information content (AvgIpc) is 2.95. The van der Waals surface area contributed by atoms with Crippen molar-refractivity contribution in [1.82, 2.24) is 5.32 Å². The molecule has 0 bridgehead atoms. The normalized spacial score (nSPS) is 16.4. The quantitative estimate of drug-likeness (QED) is 0.390. The first-order chi connectivity index (χ1) is 16.7. The number of anilines is 2. The zero-order valence-corrected chi connectivity index (χ0v) is 19.0. The standard InChI is InChI=1S/C26H24F3N3O3/c1-13-16-6-3-4-7-17(16)23-20(31-25(13)34)8-5-9-21(23)32-26(35)14(2)30-12-22(33)15-10-18(27)24(29)19(28)11-15/h3-11,13-14,22,30,33H,12H2,1-2H3,(H,31,34)(H,32,35)/t13?,14-,22-/m0/s1. The summed E-state index contributed by atoms with van der Waals surface area (Å²) in [6.07, 6.45) is -1.37. The predicted molar refractivity (Wildman–Crippen MR) is 126 cm³/mol. The summed E-state index contributed by atoms with van der Waals surface area (Å²) >= 11 is 0. The highest BCUT2D eigenvalue weighted by Gasteiger charge is 2.27. The van der Waals surface area contributed by atoms with Crippen LogP contribution in [0.4, 0.5) is 24.5 Å². The van der Waals surface area contributed by atoms with Gasteiger partial charge in [-0.25, -0.2) is 13.2 Å². The van der Waals surface area contributed by atoms with Gasteiger partial charge in [-0.2, -0.15) is 0 Å². The Hall–Kier alpha value is -3.69. The molecule has 0 aliphatic carbocycles. The number of fused-ring (bicyclic) bond motifs is 3.